The summed E-state index contributed by atoms with van der Waals surface area (Å²) in [4.78, 5) is 0. The zero-order valence-corrected chi connectivity index (χ0v) is 14.1. The van der Waals surface area contributed by atoms with Gasteiger partial charge in [0.15, 0.2) is 0 Å². The van der Waals surface area contributed by atoms with Gasteiger partial charge in [0.25, 0.3) is 0 Å². The molecule has 0 aliphatic rings. The van der Waals surface area contributed by atoms with Gasteiger partial charge in [-0.15, -0.1) is 0 Å². The molecule has 0 heterocycles. The average molecular weight is 328 g/mol. The Morgan fingerprint density at radius 3 is 2.58 bits per heavy atom. The summed E-state index contributed by atoms with van der Waals surface area (Å²) >= 11 is 3.50. The predicted molar refractivity (Wildman–Crippen MR) is 85.8 cm³/mol. The Bertz CT molecular complexity index is 379. The van der Waals surface area contributed by atoms with Crippen LogP contribution in [0.15, 0.2) is 22.7 Å². The van der Waals surface area contributed by atoms with Gasteiger partial charge in [-0.1, -0.05) is 55.6 Å². The van der Waals surface area contributed by atoms with Gasteiger partial charge in [0.1, 0.15) is 5.75 Å². The van der Waals surface area contributed by atoms with E-state index in [4.69, 9.17) is 4.74 Å². The van der Waals surface area contributed by atoms with Crippen LogP contribution in [0.3, 0.4) is 0 Å². The molecule has 1 N–H and O–H groups in total. The molecule has 3 heteroatoms. The van der Waals surface area contributed by atoms with Crippen molar-refractivity contribution in [3.8, 4) is 5.75 Å². The van der Waals surface area contributed by atoms with Gasteiger partial charge >= 0.3 is 0 Å². The molecule has 0 saturated carbocycles. The summed E-state index contributed by atoms with van der Waals surface area (Å²) in [5.41, 5.74) is 1.26. The van der Waals surface area contributed by atoms with Crippen LogP contribution in [0.2, 0.25) is 0 Å². The first kappa shape index (κ1) is 16.5. The molecule has 0 aromatic heterocycles. The minimum Gasteiger partial charge on any atom is -0.496 e. The van der Waals surface area contributed by atoms with Crippen LogP contribution in [0.4, 0.5) is 0 Å². The van der Waals surface area contributed by atoms with Gasteiger partial charge < -0.3 is 10.1 Å². The lowest BCUT2D eigenvalue weighted by Crippen LogP contribution is -2.21. The van der Waals surface area contributed by atoms with Crippen LogP contribution in [0, 0.1) is 5.92 Å². The van der Waals surface area contributed by atoms with E-state index in [0.29, 0.717) is 6.04 Å². The fourth-order valence-corrected chi connectivity index (χ4v) is 2.66. The van der Waals surface area contributed by atoms with Gasteiger partial charge in [-0.3, -0.25) is 0 Å². The molecule has 0 aliphatic heterocycles. The summed E-state index contributed by atoms with van der Waals surface area (Å²) in [5.74, 6) is 1.74. The van der Waals surface area contributed by atoms with Gasteiger partial charge in [-0.25, -0.2) is 0 Å². The molecule has 108 valence electrons. The number of nitrogens with one attached hydrogen (secondary N) is 1. The van der Waals surface area contributed by atoms with Crippen molar-refractivity contribution in [3.63, 3.8) is 0 Å². The Hall–Kier alpha value is -0.540. The molecule has 19 heavy (non-hydrogen) atoms. The topological polar surface area (TPSA) is 21.3 Å². The first-order valence-electron chi connectivity index (χ1n) is 7.15. The van der Waals surface area contributed by atoms with Gasteiger partial charge in [0.05, 0.1) is 7.11 Å². The van der Waals surface area contributed by atoms with E-state index in [1.807, 2.05) is 6.07 Å². The third-order valence-corrected chi connectivity index (χ3v) is 3.79. The molecular weight excluding hydrogens is 302 g/mol. The van der Waals surface area contributed by atoms with Crippen molar-refractivity contribution in [2.24, 2.45) is 5.92 Å². The van der Waals surface area contributed by atoms with Crippen molar-refractivity contribution < 1.29 is 4.74 Å². The Morgan fingerprint density at radius 2 is 2.00 bits per heavy atom. The van der Waals surface area contributed by atoms with Gasteiger partial charge in [0, 0.05) is 16.1 Å². The second-order valence-corrected chi connectivity index (χ2v) is 6.24. The van der Waals surface area contributed by atoms with E-state index < -0.39 is 0 Å². The van der Waals surface area contributed by atoms with E-state index in [1.54, 1.807) is 7.11 Å². The fourth-order valence-electron chi connectivity index (χ4n) is 2.32. The van der Waals surface area contributed by atoms with Gasteiger partial charge in [-0.05, 0) is 31.0 Å². The lowest BCUT2D eigenvalue weighted by molar-refractivity contribution is 0.390. The first-order valence-corrected chi connectivity index (χ1v) is 7.94. The molecule has 1 unspecified atom stereocenters. The Kier molecular flexibility index (Phi) is 7.47. The summed E-state index contributed by atoms with van der Waals surface area (Å²) in [6.07, 6.45) is 3.68. The Labute approximate surface area is 126 Å². The highest BCUT2D eigenvalue weighted by Crippen LogP contribution is 2.31. The SMILES string of the molecule is CCNC(CCCC(C)C)c1ccc(Br)cc1OC. The summed E-state index contributed by atoms with van der Waals surface area (Å²) in [6, 6.07) is 6.67. The smallest absolute Gasteiger partial charge is 0.124 e. The number of rotatable bonds is 8. The zero-order chi connectivity index (χ0) is 14.3. The minimum atomic E-state index is 0.381. The quantitative estimate of drug-likeness (QED) is 0.730. The molecule has 0 bridgehead atoms. The van der Waals surface area contributed by atoms with Crippen LogP contribution in [-0.4, -0.2) is 13.7 Å². The Balaban J connectivity index is 2.79. The maximum Gasteiger partial charge on any atom is 0.124 e. The average Bonchev–Trinajstić information content (AvgIpc) is 2.37. The maximum absolute atomic E-state index is 5.51. The number of halogens is 1. The van der Waals surface area contributed by atoms with Crippen molar-refractivity contribution in [2.75, 3.05) is 13.7 Å². The van der Waals surface area contributed by atoms with Gasteiger partial charge in [-0.2, -0.15) is 0 Å². The van der Waals surface area contributed by atoms with E-state index in [9.17, 15) is 0 Å². The van der Waals surface area contributed by atoms with E-state index in [1.165, 1.54) is 18.4 Å². The summed E-state index contributed by atoms with van der Waals surface area (Å²) in [5, 5.41) is 3.57. The summed E-state index contributed by atoms with van der Waals surface area (Å²) in [6.45, 7) is 7.69. The van der Waals surface area contributed by atoms with E-state index in [-0.39, 0.29) is 0 Å². The van der Waals surface area contributed by atoms with E-state index in [0.717, 1.165) is 29.1 Å². The summed E-state index contributed by atoms with van der Waals surface area (Å²) < 4.78 is 6.57. The molecular formula is C16H26BrNO. The Morgan fingerprint density at radius 1 is 1.26 bits per heavy atom. The lowest BCUT2D eigenvalue weighted by atomic mass is 9.97. The molecule has 1 aromatic carbocycles. The highest BCUT2D eigenvalue weighted by atomic mass is 79.9. The van der Waals surface area contributed by atoms with Crippen LogP contribution in [0.5, 0.6) is 5.75 Å². The normalized spacial score (nSPS) is 12.7. The molecule has 0 aliphatic carbocycles. The molecule has 0 saturated heterocycles. The number of hydrogen-bond donors (Lipinski definition) is 1. The molecule has 2 nitrogen and oxygen atoms in total. The second-order valence-electron chi connectivity index (χ2n) is 5.32. The van der Waals surface area contributed by atoms with Crippen LogP contribution in [-0.2, 0) is 0 Å². The predicted octanol–water partition coefficient (Wildman–Crippen LogP) is 4.93. The number of ether oxygens (including phenoxy) is 1. The fraction of sp³-hybridized carbons (Fsp3) is 0.625. The van der Waals surface area contributed by atoms with E-state index >= 15 is 0 Å². The van der Waals surface area contributed by atoms with E-state index in [2.05, 4.69) is 54.2 Å². The standard InChI is InChI=1S/C16H26BrNO/c1-5-18-15(8-6-7-12(2)3)14-10-9-13(17)11-16(14)19-4/h9-12,15,18H,5-8H2,1-4H3. The van der Waals surface area contributed by atoms with Crippen LogP contribution < -0.4 is 10.1 Å². The van der Waals surface area contributed by atoms with Crippen molar-refractivity contribution in [2.45, 2.75) is 46.1 Å². The molecule has 0 spiro atoms. The monoisotopic (exact) mass is 327 g/mol. The number of benzene rings is 1. The van der Waals surface area contributed by atoms with Crippen LogP contribution in [0.1, 0.15) is 51.6 Å². The highest BCUT2D eigenvalue weighted by Gasteiger charge is 2.15. The van der Waals surface area contributed by atoms with Crippen LogP contribution in [0.25, 0.3) is 0 Å². The highest BCUT2D eigenvalue weighted by molar-refractivity contribution is 9.10. The molecule has 0 fully saturated rings. The minimum absolute atomic E-state index is 0.381. The zero-order valence-electron chi connectivity index (χ0n) is 12.5. The van der Waals surface area contributed by atoms with Gasteiger partial charge in [0.2, 0.25) is 0 Å². The molecule has 1 atom stereocenters. The third-order valence-electron chi connectivity index (χ3n) is 3.30. The van der Waals surface area contributed by atoms with Crippen molar-refractivity contribution in [1.29, 1.82) is 0 Å². The molecule has 0 radical (unpaired) electrons. The number of methoxy groups -OCH3 is 1. The van der Waals surface area contributed by atoms with Crippen LogP contribution >= 0.6 is 15.9 Å². The maximum atomic E-state index is 5.51. The van der Waals surface area contributed by atoms with Crippen molar-refractivity contribution in [1.82, 2.24) is 5.32 Å². The lowest BCUT2D eigenvalue weighted by Gasteiger charge is -2.21. The number of hydrogen-bond acceptors (Lipinski definition) is 2. The second kappa shape index (κ2) is 8.60. The third kappa shape index (κ3) is 5.53. The van der Waals surface area contributed by atoms with Crippen molar-refractivity contribution in [3.05, 3.63) is 28.2 Å². The van der Waals surface area contributed by atoms with Crippen molar-refractivity contribution >= 4 is 15.9 Å². The largest absolute Gasteiger partial charge is 0.496 e. The molecule has 0 amide bonds. The summed E-state index contributed by atoms with van der Waals surface area (Å²) in [7, 11) is 1.74. The first-order chi connectivity index (χ1) is 9.08. The molecule has 1 aromatic rings. The molecule has 1 rings (SSSR count).